The Kier molecular flexibility index (Phi) is 4.04. The minimum Gasteiger partial charge on any atom is -0.399 e. The fourth-order valence-corrected chi connectivity index (χ4v) is 2.43. The van der Waals surface area contributed by atoms with E-state index < -0.39 is 0 Å². The van der Waals surface area contributed by atoms with Crippen LogP contribution in [0.25, 0.3) is 11.0 Å². The molecule has 0 aliphatic carbocycles. The van der Waals surface area contributed by atoms with E-state index in [1.165, 1.54) is 0 Å². The van der Waals surface area contributed by atoms with Gasteiger partial charge in [-0.1, -0.05) is 27.7 Å². The van der Waals surface area contributed by atoms with Gasteiger partial charge in [-0.25, -0.2) is 4.98 Å². The summed E-state index contributed by atoms with van der Waals surface area (Å²) in [6.07, 6.45) is 1.27. The minimum absolute atomic E-state index is 0.0368. The van der Waals surface area contributed by atoms with E-state index in [0.29, 0.717) is 0 Å². The molecule has 0 saturated carbocycles. The number of imidazole rings is 1. The summed E-state index contributed by atoms with van der Waals surface area (Å²) in [7, 11) is 0. The molecule has 1 atom stereocenters. The highest BCUT2D eigenvalue weighted by Gasteiger charge is 2.23. The van der Waals surface area contributed by atoms with E-state index in [1.54, 1.807) is 0 Å². The summed E-state index contributed by atoms with van der Waals surface area (Å²) in [5, 5.41) is 9.81. The number of hydrogen-bond acceptors (Lipinski definition) is 3. The molecule has 0 radical (unpaired) electrons. The lowest BCUT2D eigenvalue weighted by molar-refractivity contribution is 0.154. The van der Waals surface area contributed by atoms with Crippen LogP contribution in [0.3, 0.4) is 0 Å². The standard InChI is InChI=1S/C16H25N3O/c1-5-12(20)8-9-19-14-7-6-11(17)10-13(14)18-15(19)16(2,3)4/h6-7,10,12,20H,5,8-9,17H2,1-4H3. The maximum Gasteiger partial charge on any atom is 0.115 e. The second-order valence-corrected chi connectivity index (χ2v) is 6.44. The molecule has 4 heteroatoms. The van der Waals surface area contributed by atoms with Gasteiger partial charge in [0, 0.05) is 17.6 Å². The zero-order valence-corrected chi connectivity index (χ0v) is 12.8. The molecular formula is C16H25N3O. The molecule has 2 aromatic rings. The first-order valence-electron chi connectivity index (χ1n) is 7.27. The Bertz CT molecular complexity index is 596. The maximum absolute atomic E-state index is 9.81. The van der Waals surface area contributed by atoms with E-state index in [1.807, 2.05) is 25.1 Å². The molecule has 0 amide bonds. The Balaban J connectivity index is 2.47. The first-order valence-corrected chi connectivity index (χ1v) is 7.27. The lowest BCUT2D eigenvalue weighted by Gasteiger charge is -2.21. The van der Waals surface area contributed by atoms with Crippen LogP contribution in [0.15, 0.2) is 18.2 Å². The lowest BCUT2D eigenvalue weighted by atomic mass is 9.95. The zero-order chi connectivity index (χ0) is 14.9. The third kappa shape index (κ3) is 2.96. The van der Waals surface area contributed by atoms with Crippen LogP contribution >= 0.6 is 0 Å². The highest BCUT2D eigenvalue weighted by molar-refractivity contribution is 5.79. The maximum atomic E-state index is 9.81. The summed E-state index contributed by atoms with van der Waals surface area (Å²) in [5.41, 5.74) is 8.56. The Labute approximate surface area is 120 Å². The smallest absolute Gasteiger partial charge is 0.115 e. The summed E-state index contributed by atoms with van der Waals surface area (Å²) >= 11 is 0. The van der Waals surface area contributed by atoms with Crippen molar-refractivity contribution in [2.75, 3.05) is 5.73 Å². The summed E-state index contributed by atoms with van der Waals surface area (Å²) in [6, 6.07) is 5.84. The molecular weight excluding hydrogens is 250 g/mol. The van der Waals surface area contributed by atoms with Crippen molar-refractivity contribution in [1.82, 2.24) is 9.55 Å². The molecule has 110 valence electrons. The highest BCUT2D eigenvalue weighted by Crippen LogP contribution is 2.28. The molecule has 0 aliphatic heterocycles. The van der Waals surface area contributed by atoms with Gasteiger partial charge in [-0.3, -0.25) is 0 Å². The fourth-order valence-electron chi connectivity index (χ4n) is 2.43. The number of fused-ring (bicyclic) bond motifs is 1. The number of hydrogen-bond donors (Lipinski definition) is 2. The predicted molar refractivity (Wildman–Crippen MR) is 83.8 cm³/mol. The topological polar surface area (TPSA) is 64.1 Å². The average Bonchev–Trinajstić information content (AvgIpc) is 2.73. The minimum atomic E-state index is -0.256. The number of nitrogens with zero attached hydrogens (tertiary/aromatic N) is 2. The van der Waals surface area contributed by atoms with Crippen LogP contribution in [0.1, 0.15) is 46.4 Å². The van der Waals surface area contributed by atoms with Crippen LogP contribution in [0.4, 0.5) is 5.69 Å². The average molecular weight is 275 g/mol. The van der Waals surface area contributed by atoms with Crippen molar-refractivity contribution in [3.8, 4) is 0 Å². The van der Waals surface area contributed by atoms with Crippen LogP contribution in [-0.2, 0) is 12.0 Å². The normalized spacial score (nSPS) is 13.8. The molecule has 1 heterocycles. The molecule has 1 unspecified atom stereocenters. The summed E-state index contributed by atoms with van der Waals surface area (Å²) in [4.78, 5) is 4.75. The summed E-state index contributed by atoms with van der Waals surface area (Å²) in [6.45, 7) is 9.25. The van der Waals surface area contributed by atoms with Crippen molar-refractivity contribution in [2.45, 2.75) is 58.6 Å². The van der Waals surface area contributed by atoms with Crippen molar-refractivity contribution in [2.24, 2.45) is 0 Å². The van der Waals surface area contributed by atoms with E-state index in [-0.39, 0.29) is 11.5 Å². The Morgan fingerprint density at radius 2 is 2.05 bits per heavy atom. The number of aromatic nitrogens is 2. The Morgan fingerprint density at radius 1 is 1.35 bits per heavy atom. The van der Waals surface area contributed by atoms with Crippen molar-refractivity contribution >= 4 is 16.7 Å². The largest absolute Gasteiger partial charge is 0.399 e. The second kappa shape index (κ2) is 5.44. The quantitative estimate of drug-likeness (QED) is 0.843. The number of rotatable bonds is 4. The third-order valence-corrected chi connectivity index (χ3v) is 3.60. The van der Waals surface area contributed by atoms with Gasteiger partial charge < -0.3 is 15.4 Å². The van der Waals surface area contributed by atoms with Crippen LogP contribution in [0.2, 0.25) is 0 Å². The van der Waals surface area contributed by atoms with Crippen molar-refractivity contribution in [1.29, 1.82) is 0 Å². The van der Waals surface area contributed by atoms with Crippen LogP contribution in [-0.4, -0.2) is 20.8 Å². The SMILES string of the molecule is CCC(O)CCn1c(C(C)(C)C)nc2cc(N)ccc21. The van der Waals surface area contributed by atoms with E-state index in [9.17, 15) is 5.11 Å². The van der Waals surface area contributed by atoms with Crippen LogP contribution < -0.4 is 5.73 Å². The van der Waals surface area contributed by atoms with Crippen LogP contribution in [0.5, 0.6) is 0 Å². The number of aliphatic hydroxyl groups excluding tert-OH is 1. The molecule has 3 N–H and O–H groups in total. The first kappa shape index (κ1) is 14.9. The lowest BCUT2D eigenvalue weighted by Crippen LogP contribution is -2.20. The van der Waals surface area contributed by atoms with Gasteiger partial charge >= 0.3 is 0 Å². The van der Waals surface area contributed by atoms with Gasteiger partial charge in [0.1, 0.15) is 5.82 Å². The summed E-state index contributed by atoms with van der Waals surface area (Å²) in [5.74, 6) is 1.04. The van der Waals surface area contributed by atoms with E-state index in [2.05, 4.69) is 25.3 Å². The van der Waals surface area contributed by atoms with Gasteiger partial charge in [0.15, 0.2) is 0 Å². The first-order chi connectivity index (χ1) is 9.32. The molecule has 0 bridgehead atoms. The highest BCUT2D eigenvalue weighted by atomic mass is 16.3. The molecule has 0 aliphatic rings. The third-order valence-electron chi connectivity index (χ3n) is 3.60. The molecule has 20 heavy (non-hydrogen) atoms. The van der Waals surface area contributed by atoms with Gasteiger partial charge in [0.25, 0.3) is 0 Å². The second-order valence-electron chi connectivity index (χ2n) is 6.44. The van der Waals surface area contributed by atoms with Crippen molar-refractivity contribution < 1.29 is 5.11 Å². The fraction of sp³-hybridized carbons (Fsp3) is 0.562. The van der Waals surface area contributed by atoms with Gasteiger partial charge in [0.2, 0.25) is 0 Å². The Morgan fingerprint density at radius 3 is 2.65 bits per heavy atom. The number of nitrogens with two attached hydrogens (primary N) is 1. The molecule has 1 aromatic heterocycles. The van der Waals surface area contributed by atoms with Gasteiger partial charge in [0.05, 0.1) is 17.1 Å². The van der Waals surface area contributed by atoms with E-state index >= 15 is 0 Å². The number of nitrogen functional groups attached to an aromatic ring is 1. The van der Waals surface area contributed by atoms with Crippen LogP contribution in [0, 0.1) is 0 Å². The monoisotopic (exact) mass is 275 g/mol. The predicted octanol–water partition coefficient (Wildman–Crippen LogP) is 3.08. The molecule has 1 aromatic carbocycles. The number of anilines is 1. The molecule has 2 rings (SSSR count). The Hall–Kier alpha value is -1.55. The molecule has 0 fully saturated rings. The van der Waals surface area contributed by atoms with Crippen molar-refractivity contribution in [3.63, 3.8) is 0 Å². The van der Waals surface area contributed by atoms with E-state index in [0.717, 1.165) is 41.9 Å². The summed E-state index contributed by atoms with van der Waals surface area (Å²) < 4.78 is 2.22. The zero-order valence-electron chi connectivity index (χ0n) is 12.8. The molecule has 0 saturated heterocycles. The van der Waals surface area contributed by atoms with Crippen molar-refractivity contribution in [3.05, 3.63) is 24.0 Å². The van der Waals surface area contributed by atoms with Gasteiger partial charge in [-0.15, -0.1) is 0 Å². The van der Waals surface area contributed by atoms with Gasteiger partial charge in [-0.05, 0) is 31.0 Å². The van der Waals surface area contributed by atoms with E-state index in [4.69, 9.17) is 10.7 Å². The van der Waals surface area contributed by atoms with Gasteiger partial charge in [-0.2, -0.15) is 0 Å². The molecule has 4 nitrogen and oxygen atoms in total. The number of aryl methyl sites for hydroxylation is 1. The molecule has 0 spiro atoms. The number of aliphatic hydroxyl groups is 1. The number of benzene rings is 1.